The Kier molecular flexibility index (Phi) is 10.1. The van der Waals surface area contributed by atoms with Crippen LogP contribution in [0.4, 0.5) is 26.3 Å². The lowest BCUT2D eigenvalue weighted by atomic mass is 10.3. The number of halogens is 6. The first-order chi connectivity index (χ1) is 8.96. The third kappa shape index (κ3) is 11.8. The Labute approximate surface area is 112 Å². The Balaban J connectivity index is 0. The molecule has 2 N–H and O–H groups in total. The number of hydrogen-bond acceptors (Lipinski definition) is 2. The molecule has 0 fully saturated rings. The molecule has 0 aliphatic heterocycles. The summed E-state index contributed by atoms with van der Waals surface area (Å²) in [7, 11) is 0. The molecule has 0 aliphatic carbocycles. The van der Waals surface area contributed by atoms with Crippen LogP contribution in [0.3, 0.4) is 0 Å². The van der Waals surface area contributed by atoms with Crippen LogP contribution in [-0.4, -0.2) is 31.2 Å². The van der Waals surface area contributed by atoms with E-state index in [-0.39, 0.29) is 0 Å². The van der Waals surface area contributed by atoms with Gasteiger partial charge in [-0.2, -0.15) is 26.3 Å². The van der Waals surface area contributed by atoms with Crippen LogP contribution in [0.1, 0.15) is 26.7 Å². The molecule has 0 aromatic carbocycles. The minimum Gasteiger partial charge on any atom is -0.869 e. The molecule has 20 heavy (non-hydrogen) atoms. The maximum Gasteiger partial charge on any atom is 0.454 e. The van der Waals surface area contributed by atoms with Gasteiger partial charge in [0.2, 0.25) is 0 Å². The van der Waals surface area contributed by atoms with E-state index in [1.807, 2.05) is 0 Å². The van der Waals surface area contributed by atoms with Gasteiger partial charge in [-0.1, -0.05) is 13.8 Å². The van der Waals surface area contributed by atoms with Gasteiger partial charge in [0.15, 0.2) is 0 Å². The Morgan fingerprint density at radius 2 is 1.40 bits per heavy atom. The number of nitrogens with two attached hydrogens (primary N) is 1. The summed E-state index contributed by atoms with van der Waals surface area (Å²) in [6.45, 7) is 7.03. The van der Waals surface area contributed by atoms with Gasteiger partial charge >= 0.3 is 12.4 Å². The number of allylic oxidation sites excluding steroid dienone is 2. The fraction of sp³-hybridized carbons (Fsp3) is 0.727. The first-order valence-electron chi connectivity index (χ1n) is 5.85. The monoisotopic (exact) mass is 309 g/mol. The molecule has 3 nitrogen and oxygen atoms in total. The predicted octanol–water partition coefficient (Wildman–Crippen LogP) is 1.29. The molecule has 0 atom stereocenters. The van der Waals surface area contributed by atoms with Crippen molar-refractivity contribution in [1.82, 2.24) is 0 Å². The van der Waals surface area contributed by atoms with Crippen LogP contribution in [-0.2, 0) is 4.79 Å². The van der Waals surface area contributed by atoms with Gasteiger partial charge in [-0.05, 0) is 24.7 Å². The molecule has 0 aromatic rings. The highest BCUT2D eigenvalue weighted by Crippen LogP contribution is 2.23. The Morgan fingerprint density at radius 1 is 1.00 bits per heavy atom. The summed E-state index contributed by atoms with van der Waals surface area (Å²) in [5, 5.41) is 12.2. The number of quaternary nitrogens is 1. The van der Waals surface area contributed by atoms with Crippen LogP contribution in [0, 0.1) is 0 Å². The average molecular weight is 309 g/mol. The summed E-state index contributed by atoms with van der Waals surface area (Å²) in [5.41, 5.74) is 0. The first kappa shape index (κ1) is 21.1. The molecule has 0 rings (SSSR count). The van der Waals surface area contributed by atoms with Crippen LogP contribution in [0.15, 0.2) is 11.8 Å². The van der Waals surface area contributed by atoms with Crippen LogP contribution < -0.4 is 10.4 Å². The van der Waals surface area contributed by atoms with E-state index in [0.717, 1.165) is 0 Å². The Morgan fingerprint density at radius 3 is 1.65 bits per heavy atom. The summed E-state index contributed by atoms with van der Waals surface area (Å²) < 4.78 is 67.8. The van der Waals surface area contributed by atoms with Crippen molar-refractivity contribution in [2.45, 2.75) is 39.0 Å². The molecule has 0 saturated carbocycles. The minimum atomic E-state index is -5.46. The largest absolute Gasteiger partial charge is 0.869 e. The zero-order valence-corrected chi connectivity index (χ0v) is 11.1. The second-order valence-corrected chi connectivity index (χ2v) is 3.73. The minimum absolute atomic E-state index is 1.03. The lowest BCUT2D eigenvalue weighted by molar-refractivity contribution is -0.654. The van der Waals surface area contributed by atoms with Crippen molar-refractivity contribution in [3.05, 3.63) is 11.8 Å². The van der Waals surface area contributed by atoms with E-state index in [1.165, 1.54) is 25.9 Å². The lowest BCUT2D eigenvalue weighted by Crippen LogP contribution is -2.84. The molecule has 0 spiro atoms. The number of rotatable bonds is 5. The number of carbonyl (C=O) groups is 1. The summed E-state index contributed by atoms with van der Waals surface area (Å²) >= 11 is 0. The third-order valence-electron chi connectivity index (χ3n) is 1.81. The summed E-state index contributed by atoms with van der Waals surface area (Å²) in [6, 6.07) is 0. The van der Waals surface area contributed by atoms with E-state index < -0.39 is 30.0 Å². The Hall–Kier alpha value is -1.25. The van der Waals surface area contributed by atoms with Crippen LogP contribution in [0.5, 0.6) is 0 Å². The lowest BCUT2D eigenvalue weighted by Gasteiger charge is -2.15. The normalized spacial score (nSPS) is 12.7. The molecule has 9 heteroatoms. The maximum absolute atomic E-state index is 11.3. The molecule has 0 bridgehead atoms. The SMILES string of the molecule is CCC[NH2+]CCC.O=C(/C=C(\[O-])C(F)(F)F)C(F)(F)F. The van der Waals surface area contributed by atoms with Crippen molar-refractivity contribution < 1.29 is 41.6 Å². The van der Waals surface area contributed by atoms with Gasteiger partial charge in [-0.15, -0.1) is 0 Å². The van der Waals surface area contributed by atoms with Crippen LogP contribution >= 0.6 is 0 Å². The zero-order valence-electron chi connectivity index (χ0n) is 11.1. The van der Waals surface area contributed by atoms with E-state index in [2.05, 4.69) is 19.2 Å². The summed E-state index contributed by atoms with van der Waals surface area (Å²) in [5.74, 6) is -5.65. The van der Waals surface area contributed by atoms with Gasteiger partial charge in [-0.3, -0.25) is 4.79 Å². The molecule has 0 unspecified atom stereocenters. The van der Waals surface area contributed by atoms with Crippen molar-refractivity contribution in [2.24, 2.45) is 0 Å². The summed E-state index contributed by atoms with van der Waals surface area (Å²) in [6.07, 6.45) is -9.33. The fourth-order valence-corrected chi connectivity index (χ4v) is 0.835. The fourth-order valence-electron chi connectivity index (χ4n) is 0.835. The number of hydrogen-bond donors (Lipinski definition) is 1. The second kappa shape index (κ2) is 9.62. The van der Waals surface area contributed by atoms with Crippen molar-refractivity contribution in [1.29, 1.82) is 0 Å². The molecular formula is C11H17F6NO2. The van der Waals surface area contributed by atoms with Crippen molar-refractivity contribution in [2.75, 3.05) is 13.1 Å². The van der Waals surface area contributed by atoms with Gasteiger partial charge in [0.05, 0.1) is 13.1 Å². The number of carbonyl (C=O) groups excluding carboxylic acids is 1. The van der Waals surface area contributed by atoms with Crippen LogP contribution in [0.2, 0.25) is 0 Å². The second-order valence-electron chi connectivity index (χ2n) is 3.73. The average Bonchev–Trinajstić information content (AvgIpc) is 2.28. The van der Waals surface area contributed by atoms with Gasteiger partial charge < -0.3 is 10.4 Å². The van der Waals surface area contributed by atoms with E-state index in [0.29, 0.717) is 0 Å². The number of alkyl halides is 6. The highest BCUT2D eigenvalue weighted by atomic mass is 19.4. The molecular weight excluding hydrogens is 292 g/mol. The van der Waals surface area contributed by atoms with E-state index in [1.54, 1.807) is 0 Å². The highest BCUT2D eigenvalue weighted by molar-refractivity contribution is 5.94. The van der Waals surface area contributed by atoms with E-state index >= 15 is 0 Å². The standard InChI is InChI=1S/C6H15N.C5H2F6O2/c1-3-5-7-6-4-2;6-4(7,8)2(12)1-3(13)5(9,10)11/h7H,3-6H2,1-2H3;1,12H/b;2-1-. The first-order valence-corrected chi connectivity index (χ1v) is 5.85. The molecule has 120 valence electrons. The molecule has 0 amide bonds. The maximum atomic E-state index is 11.3. The quantitative estimate of drug-likeness (QED) is 0.360. The van der Waals surface area contributed by atoms with Crippen molar-refractivity contribution in [3.63, 3.8) is 0 Å². The topological polar surface area (TPSA) is 56.7 Å². The number of ketones is 1. The molecule has 0 saturated heterocycles. The molecule has 0 heterocycles. The Bertz CT molecular complexity index is 305. The van der Waals surface area contributed by atoms with Gasteiger partial charge in [0, 0.05) is 0 Å². The smallest absolute Gasteiger partial charge is 0.454 e. The van der Waals surface area contributed by atoms with Gasteiger partial charge in [0.25, 0.3) is 5.78 Å². The van der Waals surface area contributed by atoms with Gasteiger partial charge in [-0.25, -0.2) is 0 Å². The van der Waals surface area contributed by atoms with E-state index in [9.17, 15) is 36.2 Å². The zero-order chi connectivity index (χ0) is 16.4. The van der Waals surface area contributed by atoms with Crippen molar-refractivity contribution in [3.8, 4) is 0 Å². The van der Waals surface area contributed by atoms with E-state index in [4.69, 9.17) is 0 Å². The van der Waals surface area contributed by atoms with Gasteiger partial charge in [0.1, 0.15) is 0 Å². The third-order valence-corrected chi connectivity index (χ3v) is 1.81. The van der Waals surface area contributed by atoms with Crippen LogP contribution in [0.25, 0.3) is 0 Å². The highest BCUT2D eigenvalue weighted by Gasteiger charge is 2.38. The van der Waals surface area contributed by atoms with Crippen molar-refractivity contribution >= 4 is 5.78 Å². The molecule has 0 radical (unpaired) electrons. The summed E-state index contributed by atoms with van der Waals surface area (Å²) in [4.78, 5) is 9.82. The molecule has 0 aliphatic rings. The predicted molar refractivity (Wildman–Crippen MR) is 57.4 cm³/mol. The molecule has 0 aromatic heterocycles.